The van der Waals surface area contributed by atoms with Crippen LogP contribution in [0, 0.1) is 6.92 Å². The van der Waals surface area contributed by atoms with Gasteiger partial charge < -0.3 is 15.2 Å². The molecule has 6 nitrogen and oxygen atoms in total. The first-order chi connectivity index (χ1) is 11.5. The minimum atomic E-state index is -0.117. The van der Waals surface area contributed by atoms with Crippen molar-refractivity contribution in [3.8, 4) is 0 Å². The maximum absolute atomic E-state index is 11.7. The molecule has 1 saturated carbocycles. The summed E-state index contributed by atoms with van der Waals surface area (Å²) in [5.41, 5.74) is 0.856. The standard InChI is InChI=1S/C17H25N3O3S/c1-13-6-8-20(17(23)10-13)9-7-18-15(21)11-24-12-16(22)19-14-4-2-3-5-14/h6,8,10,14H,2-5,7,9,11-12H2,1H3,(H,18,21)(H,19,22). The first kappa shape index (κ1) is 18.6. The Bertz CT molecular complexity index is 624. The number of hydrogen-bond donors (Lipinski definition) is 2. The molecule has 0 aliphatic heterocycles. The summed E-state index contributed by atoms with van der Waals surface area (Å²) in [5.74, 6) is 0.446. The lowest BCUT2D eigenvalue weighted by atomic mass is 10.2. The molecule has 1 heterocycles. The number of carbonyl (C=O) groups excluding carboxylic acids is 2. The monoisotopic (exact) mass is 351 g/mol. The molecule has 0 atom stereocenters. The zero-order valence-corrected chi connectivity index (χ0v) is 14.9. The van der Waals surface area contributed by atoms with Crippen molar-refractivity contribution >= 4 is 23.6 Å². The van der Waals surface area contributed by atoms with Gasteiger partial charge in [0.15, 0.2) is 0 Å². The second kappa shape index (κ2) is 9.52. The van der Waals surface area contributed by atoms with E-state index in [2.05, 4.69) is 10.6 Å². The van der Waals surface area contributed by atoms with Crippen LogP contribution in [-0.2, 0) is 16.1 Å². The molecule has 1 aromatic rings. The van der Waals surface area contributed by atoms with Crippen molar-refractivity contribution < 1.29 is 9.59 Å². The lowest BCUT2D eigenvalue weighted by molar-refractivity contribution is -0.119. The summed E-state index contributed by atoms with van der Waals surface area (Å²) in [7, 11) is 0. The van der Waals surface area contributed by atoms with Crippen molar-refractivity contribution in [3.63, 3.8) is 0 Å². The molecule has 2 amide bonds. The highest BCUT2D eigenvalue weighted by atomic mass is 32.2. The fourth-order valence-corrected chi connectivity index (χ4v) is 3.39. The van der Waals surface area contributed by atoms with Gasteiger partial charge in [0.25, 0.3) is 5.56 Å². The van der Waals surface area contributed by atoms with E-state index in [1.54, 1.807) is 16.8 Å². The first-order valence-corrected chi connectivity index (χ1v) is 9.51. The number of aromatic nitrogens is 1. The summed E-state index contributed by atoms with van der Waals surface area (Å²) < 4.78 is 1.56. The van der Waals surface area contributed by atoms with Crippen LogP contribution in [0.25, 0.3) is 0 Å². The minimum absolute atomic E-state index is 0.00547. The molecule has 24 heavy (non-hydrogen) atoms. The van der Waals surface area contributed by atoms with Crippen LogP contribution in [0.4, 0.5) is 0 Å². The number of aryl methyl sites for hydroxylation is 1. The van der Waals surface area contributed by atoms with Crippen LogP contribution < -0.4 is 16.2 Å². The number of carbonyl (C=O) groups is 2. The van der Waals surface area contributed by atoms with E-state index in [1.165, 1.54) is 24.6 Å². The predicted molar refractivity (Wildman–Crippen MR) is 96.2 cm³/mol. The second-order valence-corrected chi connectivity index (χ2v) is 7.11. The van der Waals surface area contributed by atoms with Gasteiger partial charge in [-0.2, -0.15) is 0 Å². The first-order valence-electron chi connectivity index (χ1n) is 8.35. The smallest absolute Gasteiger partial charge is 0.250 e. The zero-order valence-electron chi connectivity index (χ0n) is 14.0. The van der Waals surface area contributed by atoms with Gasteiger partial charge in [0, 0.05) is 31.4 Å². The molecule has 0 radical (unpaired) electrons. The van der Waals surface area contributed by atoms with Crippen LogP contribution in [0.3, 0.4) is 0 Å². The van der Waals surface area contributed by atoms with Gasteiger partial charge in [0.2, 0.25) is 11.8 Å². The molecule has 0 unspecified atom stereocenters. The zero-order chi connectivity index (χ0) is 17.4. The van der Waals surface area contributed by atoms with Crippen molar-refractivity contribution in [1.29, 1.82) is 0 Å². The molecule has 1 aliphatic rings. The minimum Gasteiger partial charge on any atom is -0.354 e. The van der Waals surface area contributed by atoms with Crippen molar-refractivity contribution in [3.05, 3.63) is 34.2 Å². The quantitative estimate of drug-likeness (QED) is 0.734. The SMILES string of the molecule is Cc1ccn(CCNC(=O)CSCC(=O)NC2CCCC2)c(=O)c1. The van der Waals surface area contributed by atoms with E-state index in [4.69, 9.17) is 0 Å². The molecule has 0 spiro atoms. The third-order valence-electron chi connectivity index (χ3n) is 4.01. The molecule has 1 aliphatic carbocycles. The van der Waals surface area contributed by atoms with Crippen LogP contribution in [0.2, 0.25) is 0 Å². The summed E-state index contributed by atoms with van der Waals surface area (Å²) in [6, 6.07) is 3.75. The Kier molecular flexibility index (Phi) is 7.36. The van der Waals surface area contributed by atoms with E-state index in [0.29, 0.717) is 24.9 Å². The van der Waals surface area contributed by atoms with Crippen LogP contribution in [-0.4, -0.2) is 40.5 Å². The molecule has 0 aromatic carbocycles. The molecule has 0 saturated heterocycles. The molecule has 0 bridgehead atoms. The number of thioether (sulfide) groups is 1. The van der Waals surface area contributed by atoms with E-state index >= 15 is 0 Å². The number of amides is 2. The van der Waals surface area contributed by atoms with Gasteiger partial charge in [-0.15, -0.1) is 11.8 Å². The molecule has 132 valence electrons. The van der Waals surface area contributed by atoms with Crippen molar-refractivity contribution in [1.82, 2.24) is 15.2 Å². The number of nitrogens with zero attached hydrogens (tertiary/aromatic N) is 1. The number of nitrogens with one attached hydrogen (secondary N) is 2. The Morgan fingerprint density at radius 2 is 1.96 bits per heavy atom. The molecular weight excluding hydrogens is 326 g/mol. The molecule has 2 rings (SSSR count). The predicted octanol–water partition coefficient (Wildman–Crippen LogP) is 1.06. The number of rotatable bonds is 8. The fourth-order valence-electron chi connectivity index (χ4n) is 2.73. The Hall–Kier alpha value is -1.76. The molecule has 1 fully saturated rings. The van der Waals surface area contributed by atoms with Crippen LogP contribution in [0.15, 0.2) is 23.1 Å². The number of pyridine rings is 1. The Labute approximate surface area is 146 Å². The summed E-state index contributed by atoms with van der Waals surface area (Å²) in [6.07, 6.45) is 6.23. The normalized spacial score (nSPS) is 14.5. The van der Waals surface area contributed by atoms with E-state index < -0.39 is 0 Å². The van der Waals surface area contributed by atoms with Gasteiger partial charge in [0.05, 0.1) is 11.5 Å². The van der Waals surface area contributed by atoms with Gasteiger partial charge in [-0.1, -0.05) is 12.8 Å². The van der Waals surface area contributed by atoms with Gasteiger partial charge in [0.1, 0.15) is 0 Å². The highest BCUT2D eigenvalue weighted by molar-refractivity contribution is 8.00. The van der Waals surface area contributed by atoms with Crippen LogP contribution >= 0.6 is 11.8 Å². The Morgan fingerprint density at radius 3 is 2.67 bits per heavy atom. The summed E-state index contributed by atoms with van der Waals surface area (Å²) >= 11 is 1.31. The molecule has 1 aromatic heterocycles. The van der Waals surface area contributed by atoms with E-state index in [0.717, 1.165) is 18.4 Å². The van der Waals surface area contributed by atoms with Gasteiger partial charge >= 0.3 is 0 Å². The highest BCUT2D eigenvalue weighted by Crippen LogP contribution is 2.17. The Balaban J connectivity index is 1.57. The van der Waals surface area contributed by atoms with Crippen LogP contribution in [0.5, 0.6) is 0 Å². The summed E-state index contributed by atoms with van der Waals surface area (Å²) in [4.78, 5) is 35.2. The van der Waals surface area contributed by atoms with Crippen molar-refractivity contribution in [2.45, 2.75) is 45.2 Å². The van der Waals surface area contributed by atoms with Gasteiger partial charge in [-0.05, 0) is 31.4 Å². The van der Waals surface area contributed by atoms with Gasteiger partial charge in [-0.3, -0.25) is 14.4 Å². The third kappa shape index (κ3) is 6.39. The molecule has 2 N–H and O–H groups in total. The van der Waals surface area contributed by atoms with Crippen molar-refractivity contribution in [2.75, 3.05) is 18.1 Å². The lowest BCUT2D eigenvalue weighted by Crippen LogP contribution is -2.35. The average Bonchev–Trinajstić information content (AvgIpc) is 3.02. The largest absolute Gasteiger partial charge is 0.354 e. The second-order valence-electron chi connectivity index (χ2n) is 6.13. The molecular formula is C17H25N3O3S. The van der Waals surface area contributed by atoms with E-state index in [-0.39, 0.29) is 23.1 Å². The maximum atomic E-state index is 11.7. The van der Waals surface area contributed by atoms with Crippen molar-refractivity contribution in [2.24, 2.45) is 0 Å². The molecule has 7 heteroatoms. The topological polar surface area (TPSA) is 80.2 Å². The summed E-state index contributed by atoms with van der Waals surface area (Å²) in [6.45, 7) is 2.71. The Morgan fingerprint density at radius 1 is 1.25 bits per heavy atom. The maximum Gasteiger partial charge on any atom is 0.250 e. The summed E-state index contributed by atoms with van der Waals surface area (Å²) in [5, 5.41) is 5.77. The fraction of sp³-hybridized carbons (Fsp3) is 0.588. The number of hydrogen-bond acceptors (Lipinski definition) is 4. The van der Waals surface area contributed by atoms with E-state index in [1.807, 2.05) is 13.0 Å². The third-order valence-corrected chi connectivity index (χ3v) is 4.95. The van der Waals surface area contributed by atoms with Gasteiger partial charge in [-0.25, -0.2) is 0 Å². The average molecular weight is 351 g/mol. The highest BCUT2D eigenvalue weighted by Gasteiger charge is 2.17. The lowest BCUT2D eigenvalue weighted by Gasteiger charge is -2.11. The van der Waals surface area contributed by atoms with E-state index in [9.17, 15) is 14.4 Å². The van der Waals surface area contributed by atoms with Crippen LogP contribution in [0.1, 0.15) is 31.2 Å².